The molecule has 0 atom stereocenters. The lowest BCUT2D eigenvalue weighted by Gasteiger charge is -2.06. The van der Waals surface area contributed by atoms with Crippen LogP contribution in [0.2, 0.25) is 0 Å². The standard InChI is InChI=1S/C11H18/c1-8(2)10(5)7-11(6)9(3)4/h1,5,7H2,2-4,6H3. The van der Waals surface area contributed by atoms with Crippen molar-refractivity contribution in [2.45, 2.75) is 34.1 Å². The van der Waals surface area contributed by atoms with E-state index in [1.54, 1.807) is 0 Å². The molecule has 62 valence electrons. The van der Waals surface area contributed by atoms with Gasteiger partial charge in [-0.2, -0.15) is 0 Å². The summed E-state index contributed by atoms with van der Waals surface area (Å²) in [5.74, 6) is 0. The van der Waals surface area contributed by atoms with Crippen LogP contribution in [0, 0.1) is 0 Å². The van der Waals surface area contributed by atoms with Crippen LogP contribution < -0.4 is 0 Å². The molecule has 0 nitrogen and oxygen atoms in total. The largest absolute Gasteiger partial charge is 0.0958 e. The summed E-state index contributed by atoms with van der Waals surface area (Å²) in [5, 5.41) is 0. The van der Waals surface area contributed by atoms with Crippen molar-refractivity contribution in [3.05, 3.63) is 35.5 Å². The van der Waals surface area contributed by atoms with E-state index in [1.807, 2.05) is 6.92 Å². The minimum absolute atomic E-state index is 0.970. The van der Waals surface area contributed by atoms with Crippen molar-refractivity contribution in [3.63, 3.8) is 0 Å². The second-order valence-electron chi connectivity index (χ2n) is 3.34. The predicted molar refractivity (Wildman–Crippen MR) is 52.6 cm³/mol. The smallest absolute Gasteiger partial charge is 0.00709 e. The van der Waals surface area contributed by atoms with E-state index in [-0.39, 0.29) is 0 Å². The summed E-state index contributed by atoms with van der Waals surface area (Å²) in [6, 6.07) is 0. The van der Waals surface area contributed by atoms with E-state index in [9.17, 15) is 0 Å². The van der Waals surface area contributed by atoms with Gasteiger partial charge in [-0.05, 0) is 39.7 Å². The molecule has 0 saturated heterocycles. The fourth-order valence-electron chi connectivity index (χ4n) is 0.648. The molecule has 0 amide bonds. The lowest BCUT2D eigenvalue weighted by Crippen LogP contribution is -1.86. The van der Waals surface area contributed by atoms with Crippen LogP contribution in [0.1, 0.15) is 34.1 Å². The molecule has 0 spiro atoms. The van der Waals surface area contributed by atoms with Gasteiger partial charge in [0, 0.05) is 0 Å². The Hall–Kier alpha value is -0.780. The molecule has 0 aliphatic rings. The van der Waals surface area contributed by atoms with Crippen LogP contribution in [0.3, 0.4) is 0 Å². The van der Waals surface area contributed by atoms with Gasteiger partial charge in [0.1, 0.15) is 0 Å². The Kier molecular flexibility index (Phi) is 3.88. The molecular formula is C11H18. The monoisotopic (exact) mass is 150 g/mol. The third kappa shape index (κ3) is 3.82. The third-order valence-electron chi connectivity index (χ3n) is 1.94. The molecule has 0 radical (unpaired) electrons. The van der Waals surface area contributed by atoms with Crippen LogP contribution in [0.25, 0.3) is 0 Å². The average Bonchev–Trinajstić information content (AvgIpc) is 1.87. The first-order valence-electron chi connectivity index (χ1n) is 3.91. The van der Waals surface area contributed by atoms with E-state index >= 15 is 0 Å². The van der Waals surface area contributed by atoms with Gasteiger partial charge in [-0.25, -0.2) is 0 Å². The van der Waals surface area contributed by atoms with E-state index in [0.717, 1.165) is 17.6 Å². The Labute approximate surface area is 70.3 Å². The zero-order valence-corrected chi connectivity index (χ0v) is 8.12. The molecule has 11 heavy (non-hydrogen) atoms. The topological polar surface area (TPSA) is 0 Å². The Morgan fingerprint density at radius 2 is 1.45 bits per heavy atom. The maximum Gasteiger partial charge on any atom is -0.00709 e. The Balaban J connectivity index is 4.18. The molecule has 0 bridgehead atoms. The zero-order chi connectivity index (χ0) is 9.02. The number of allylic oxidation sites excluding steroid dienone is 4. The second-order valence-corrected chi connectivity index (χ2v) is 3.34. The van der Waals surface area contributed by atoms with Crippen LogP contribution in [0.15, 0.2) is 35.5 Å². The number of rotatable bonds is 3. The van der Waals surface area contributed by atoms with Gasteiger partial charge in [0.25, 0.3) is 0 Å². The minimum Gasteiger partial charge on any atom is -0.0958 e. The Bertz CT molecular complexity index is 200. The van der Waals surface area contributed by atoms with Crippen molar-refractivity contribution in [2.24, 2.45) is 0 Å². The van der Waals surface area contributed by atoms with Crippen molar-refractivity contribution in [2.75, 3.05) is 0 Å². The van der Waals surface area contributed by atoms with Crippen molar-refractivity contribution in [1.82, 2.24) is 0 Å². The summed E-state index contributed by atoms with van der Waals surface area (Å²) < 4.78 is 0. The third-order valence-corrected chi connectivity index (χ3v) is 1.94. The molecule has 0 N–H and O–H groups in total. The second kappa shape index (κ2) is 4.17. The van der Waals surface area contributed by atoms with Crippen LogP contribution in [-0.2, 0) is 0 Å². The molecule has 0 heteroatoms. The first-order valence-corrected chi connectivity index (χ1v) is 3.91. The molecule has 0 fully saturated rings. The van der Waals surface area contributed by atoms with Gasteiger partial charge in [-0.3, -0.25) is 0 Å². The molecule has 0 aliphatic heterocycles. The maximum absolute atomic E-state index is 3.94. The van der Waals surface area contributed by atoms with E-state index in [2.05, 4.69) is 33.9 Å². The summed E-state index contributed by atoms with van der Waals surface area (Å²) >= 11 is 0. The highest BCUT2D eigenvalue weighted by atomic mass is 14.0. The molecular weight excluding hydrogens is 132 g/mol. The Morgan fingerprint density at radius 1 is 1.00 bits per heavy atom. The fraction of sp³-hybridized carbons (Fsp3) is 0.455. The molecule has 0 rings (SSSR count). The Morgan fingerprint density at radius 3 is 1.73 bits per heavy atom. The maximum atomic E-state index is 3.94. The van der Waals surface area contributed by atoms with Crippen LogP contribution in [-0.4, -0.2) is 0 Å². The molecule has 0 unspecified atom stereocenters. The van der Waals surface area contributed by atoms with Crippen LogP contribution >= 0.6 is 0 Å². The summed E-state index contributed by atoms with van der Waals surface area (Å²) in [4.78, 5) is 0. The highest BCUT2D eigenvalue weighted by molar-refractivity contribution is 5.28. The highest BCUT2D eigenvalue weighted by Crippen LogP contribution is 2.17. The molecule has 0 aromatic rings. The number of hydrogen-bond donors (Lipinski definition) is 0. The predicted octanol–water partition coefficient (Wildman–Crippen LogP) is 3.87. The van der Waals surface area contributed by atoms with E-state index in [1.165, 1.54) is 11.1 Å². The van der Waals surface area contributed by atoms with Crippen molar-refractivity contribution < 1.29 is 0 Å². The summed E-state index contributed by atoms with van der Waals surface area (Å²) in [6.07, 6.45) is 0.970. The quantitative estimate of drug-likeness (QED) is 0.423. The SMILES string of the molecule is C=C(C)C(=C)CC(C)=C(C)C. The van der Waals surface area contributed by atoms with Gasteiger partial charge >= 0.3 is 0 Å². The molecule has 0 aromatic heterocycles. The summed E-state index contributed by atoms with van der Waals surface area (Å²) in [6.45, 7) is 16.2. The van der Waals surface area contributed by atoms with Gasteiger partial charge in [-0.15, -0.1) is 0 Å². The van der Waals surface area contributed by atoms with Gasteiger partial charge < -0.3 is 0 Å². The molecule has 0 heterocycles. The average molecular weight is 150 g/mol. The van der Waals surface area contributed by atoms with Crippen molar-refractivity contribution in [1.29, 1.82) is 0 Å². The lowest BCUT2D eigenvalue weighted by molar-refractivity contribution is 1.08. The first-order chi connectivity index (χ1) is 4.95. The van der Waals surface area contributed by atoms with Crippen LogP contribution in [0.4, 0.5) is 0 Å². The van der Waals surface area contributed by atoms with Gasteiger partial charge in [0.2, 0.25) is 0 Å². The first kappa shape index (κ1) is 10.2. The van der Waals surface area contributed by atoms with Crippen molar-refractivity contribution in [3.8, 4) is 0 Å². The van der Waals surface area contributed by atoms with E-state index in [4.69, 9.17) is 0 Å². The van der Waals surface area contributed by atoms with Gasteiger partial charge in [0.15, 0.2) is 0 Å². The van der Waals surface area contributed by atoms with Crippen molar-refractivity contribution >= 4 is 0 Å². The van der Waals surface area contributed by atoms with Crippen LogP contribution in [0.5, 0.6) is 0 Å². The molecule has 0 aromatic carbocycles. The van der Waals surface area contributed by atoms with Gasteiger partial charge in [0.05, 0.1) is 0 Å². The lowest BCUT2D eigenvalue weighted by atomic mass is 10.0. The molecule has 0 aliphatic carbocycles. The summed E-state index contributed by atoms with van der Waals surface area (Å²) in [7, 11) is 0. The normalized spacial score (nSPS) is 9.09. The fourth-order valence-corrected chi connectivity index (χ4v) is 0.648. The summed E-state index contributed by atoms with van der Waals surface area (Å²) in [5.41, 5.74) is 5.01. The van der Waals surface area contributed by atoms with E-state index < -0.39 is 0 Å². The van der Waals surface area contributed by atoms with E-state index in [0.29, 0.717) is 0 Å². The highest BCUT2D eigenvalue weighted by Gasteiger charge is 1.97. The number of hydrogen-bond acceptors (Lipinski definition) is 0. The minimum atomic E-state index is 0.970. The van der Waals surface area contributed by atoms with Gasteiger partial charge in [-0.1, -0.05) is 29.9 Å². The zero-order valence-electron chi connectivity index (χ0n) is 8.12. The molecule has 0 saturated carbocycles.